The van der Waals surface area contributed by atoms with E-state index < -0.39 is 0 Å². The molecule has 6 heteroatoms. The second-order valence-electron chi connectivity index (χ2n) is 10.0. The fraction of sp³-hybridized carbons (Fsp3) is 0.500. The van der Waals surface area contributed by atoms with Crippen LogP contribution in [0, 0.1) is 5.92 Å². The van der Waals surface area contributed by atoms with Crippen LogP contribution in [0.2, 0.25) is 0 Å². The number of hydrogen-bond acceptors (Lipinski definition) is 4. The summed E-state index contributed by atoms with van der Waals surface area (Å²) in [5.41, 5.74) is 3.47. The SMILES string of the molecule is C=C/C=C(Cl)\C=C/C(C)c1cc(CC2CCN(CCN3CCCOCC3)CC2)nn1-c1ccccc1. The highest BCUT2D eigenvalue weighted by molar-refractivity contribution is 6.31. The largest absolute Gasteiger partial charge is 0.380 e. The second kappa shape index (κ2) is 13.9. The van der Waals surface area contributed by atoms with Gasteiger partial charge in [-0.2, -0.15) is 5.10 Å². The van der Waals surface area contributed by atoms with Gasteiger partial charge in [0.25, 0.3) is 0 Å². The summed E-state index contributed by atoms with van der Waals surface area (Å²) in [7, 11) is 0. The van der Waals surface area contributed by atoms with Crippen molar-refractivity contribution in [3.63, 3.8) is 0 Å². The number of rotatable bonds is 10. The molecule has 2 aromatic rings. The van der Waals surface area contributed by atoms with Crippen LogP contribution in [0.4, 0.5) is 0 Å². The molecule has 0 amide bonds. The van der Waals surface area contributed by atoms with Crippen molar-refractivity contribution in [3.8, 4) is 5.69 Å². The molecule has 0 aliphatic carbocycles. The van der Waals surface area contributed by atoms with E-state index in [-0.39, 0.29) is 5.92 Å². The Hall–Kier alpha value is -2.18. The predicted molar refractivity (Wildman–Crippen MR) is 150 cm³/mol. The molecule has 1 aromatic carbocycles. The van der Waals surface area contributed by atoms with Gasteiger partial charge in [0.1, 0.15) is 0 Å². The Kier molecular flexibility index (Phi) is 10.4. The molecule has 4 rings (SSSR count). The zero-order valence-corrected chi connectivity index (χ0v) is 22.5. The van der Waals surface area contributed by atoms with Gasteiger partial charge in [-0.15, -0.1) is 0 Å². The Bertz CT molecular complexity index is 999. The van der Waals surface area contributed by atoms with Crippen molar-refractivity contribution in [1.82, 2.24) is 19.6 Å². The number of ether oxygens (including phenoxy) is 1. The molecule has 0 bridgehead atoms. The van der Waals surface area contributed by atoms with Crippen LogP contribution in [0.5, 0.6) is 0 Å². The summed E-state index contributed by atoms with van der Waals surface area (Å²) >= 11 is 6.26. The molecule has 36 heavy (non-hydrogen) atoms. The first-order valence-corrected chi connectivity index (χ1v) is 13.8. The topological polar surface area (TPSA) is 33.5 Å². The Balaban J connectivity index is 1.36. The van der Waals surface area contributed by atoms with E-state index in [1.54, 1.807) is 12.2 Å². The summed E-state index contributed by atoms with van der Waals surface area (Å²) in [5.74, 6) is 0.875. The normalized spacial score (nSPS) is 20.0. The summed E-state index contributed by atoms with van der Waals surface area (Å²) in [4.78, 5) is 5.20. The summed E-state index contributed by atoms with van der Waals surface area (Å²) in [6, 6.07) is 12.7. The van der Waals surface area contributed by atoms with Crippen LogP contribution < -0.4 is 0 Å². The maximum atomic E-state index is 6.26. The quantitative estimate of drug-likeness (QED) is 0.379. The lowest BCUT2D eigenvalue weighted by Crippen LogP contribution is -2.40. The minimum atomic E-state index is 0.185. The van der Waals surface area contributed by atoms with Gasteiger partial charge in [-0.3, -0.25) is 4.90 Å². The minimum absolute atomic E-state index is 0.185. The van der Waals surface area contributed by atoms with Gasteiger partial charge in [0.2, 0.25) is 0 Å². The lowest BCUT2D eigenvalue weighted by Gasteiger charge is -2.33. The van der Waals surface area contributed by atoms with E-state index in [2.05, 4.69) is 64.4 Å². The predicted octanol–water partition coefficient (Wildman–Crippen LogP) is 5.82. The fourth-order valence-electron chi connectivity index (χ4n) is 5.16. The van der Waals surface area contributed by atoms with Crippen molar-refractivity contribution in [2.75, 3.05) is 52.5 Å². The molecule has 0 saturated carbocycles. The van der Waals surface area contributed by atoms with Crippen LogP contribution in [0.3, 0.4) is 0 Å². The Morgan fingerprint density at radius 3 is 2.61 bits per heavy atom. The van der Waals surface area contributed by atoms with E-state index in [0.29, 0.717) is 11.0 Å². The third-order valence-corrected chi connectivity index (χ3v) is 7.58. The average Bonchev–Trinajstić information content (AvgIpc) is 3.14. The van der Waals surface area contributed by atoms with Gasteiger partial charge in [0.05, 0.1) is 23.7 Å². The fourth-order valence-corrected chi connectivity index (χ4v) is 5.33. The molecule has 2 fully saturated rings. The number of allylic oxidation sites excluding steroid dienone is 5. The number of nitrogens with zero attached hydrogens (tertiary/aromatic N) is 4. The van der Waals surface area contributed by atoms with Gasteiger partial charge < -0.3 is 9.64 Å². The number of para-hydroxylation sites is 1. The highest BCUT2D eigenvalue weighted by atomic mass is 35.5. The lowest BCUT2D eigenvalue weighted by atomic mass is 9.92. The molecule has 2 aliphatic rings. The van der Waals surface area contributed by atoms with E-state index in [9.17, 15) is 0 Å². The molecule has 1 atom stereocenters. The maximum Gasteiger partial charge on any atom is 0.0649 e. The van der Waals surface area contributed by atoms with E-state index in [4.69, 9.17) is 21.4 Å². The molecule has 2 aliphatic heterocycles. The van der Waals surface area contributed by atoms with Crippen LogP contribution in [0.15, 0.2) is 72.3 Å². The standard InChI is InChI=1S/C30H41ClN4O/c1-3-8-27(31)12-11-25(2)30-24-28(32-35(30)29-9-5-4-6-10-29)23-26-13-16-34(17-14-26)19-18-33-15-7-21-36-22-20-33/h3-6,8-12,24-26H,1,7,13-23H2,2H3/b12-11-,27-8+. The molecule has 0 radical (unpaired) electrons. The van der Waals surface area contributed by atoms with Crippen molar-refractivity contribution in [2.45, 2.75) is 38.5 Å². The summed E-state index contributed by atoms with van der Waals surface area (Å²) in [6.45, 7) is 14.7. The second-order valence-corrected chi connectivity index (χ2v) is 10.5. The van der Waals surface area contributed by atoms with Gasteiger partial charge in [-0.25, -0.2) is 4.68 Å². The van der Waals surface area contributed by atoms with E-state index >= 15 is 0 Å². The molecular formula is C30H41ClN4O. The average molecular weight is 509 g/mol. The van der Waals surface area contributed by atoms with Crippen LogP contribution >= 0.6 is 11.6 Å². The molecule has 3 heterocycles. The molecule has 5 nitrogen and oxygen atoms in total. The van der Waals surface area contributed by atoms with E-state index in [1.165, 1.54) is 50.4 Å². The van der Waals surface area contributed by atoms with Gasteiger partial charge in [0.15, 0.2) is 0 Å². The van der Waals surface area contributed by atoms with Crippen molar-refractivity contribution in [3.05, 3.63) is 83.7 Å². The molecule has 2 saturated heterocycles. The first kappa shape index (κ1) is 26.9. The molecule has 1 aromatic heterocycles. The van der Waals surface area contributed by atoms with Crippen LogP contribution in [-0.2, 0) is 11.2 Å². The summed E-state index contributed by atoms with van der Waals surface area (Å²) < 4.78 is 7.70. The van der Waals surface area contributed by atoms with Gasteiger partial charge in [-0.1, -0.05) is 55.5 Å². The third-order valence-electron chi connectivity index (χ3n) is 7.33. The highest BCUT2D eigenvalue weighted by Gasteiger charge is 2.22. The zero-order valence-electron chi connectivity index (χ0n) is 21.7. The van der Waals surface area contributed by atoms with Gasteiger partial charge >= 0.3 is 0 Å². The molecule has 1 unspecified atom stereocenters. The van der Waals surface area contributed by atoms with Gasteiger partial charge in [0, 0.05) is 43.7 Å². The lowest BCUT2D eigenvalue weighted by molar-refractivity contribution is 0.131. The maximum absolute atomic E-state index is 6.26. The Morgan fingerprint density at radius 1 is 1.11 bits per heavy atom. The number of halogens is 1. The number of hydrogen-bond donors (Lipinski definition) is 0. The Labute approximate surface area is 222 Å². The zero-order chi connectivity index (χ0) is 25.2. The Morgan fingerprint density at radius 2 is 1.86 bits per heavy atom. The summed E-state index contributed by atoms with van der Waals surface area (Å²) in [5, 5.41) is 5.75. The third kappa shape index (κ3) is 7.91. The smallest absolute Gasteiger partial charge is 0.0649 e. The first-order valence-electron chi connectivity index (χ1n) is 13.5. The molecule has 0 N–H and O–H groups in total. The van der Waals surface area contributed by atoms with Crippen molar-refractivity contribution < 1.29 is 4.74 Å². The molecular weight excluding hydrogens is 468 g/mol. The van der Waals surface area contributed by atoms with Crippen molar-refractivity contribution in [2.24, 2.45) is 5.92 Å². The first-order chi connectivity index (χ1) is 17.6. The van der Waals surface area contributed by atoms with Gasteiger partial charge in [-0.05, 0) is 75.0 Å². The minimum Gasteiger partial charge on any atom is -0.380 e. The van der Waals surface area contributed by atoms with Crippen LogP contribution in [0.25, 0.3) is 5.69 Å². The van der Waals surface area contributed by atoms with Crippen molar-refractivity contribution in [1.29, 1.82) is 0 Å². The number of benzene rings is 1. The van der Waals surface area contributed by atoms with Crippen LogP contribution in [0.1, 0.15) is 43.5 Å². The van der Waals surface area contributed by atoms with Crippen molar-refractivity contribution >= 4 is 11.6 Å². The monoisotopic (exact) mass is 508 g/mol. The number of aromatic nitrogens is 2. The molecule has 0 spiro atoms. The number of piperidine rings is 1. The van der Waals surface area contributed by atoms with Crippen LogP contribution in [-0.4, -0.2) is 72.1 Å². The summed E-state index contributed by atoms with van der Waals surface area (Å²) in [6.07, 6.45) is 12.3. The highest BCUT2D eigenvalue weighted by Crippen LogP contribution is 2.26. The molecule has 194 valence electrons. The van der Waals surface area contributed by atoms with E-state index in [1.807, 2.05) is 12.1 Å². The van der Waals surface area contributed by atoms with E-state index in [0.717, 1.165) is 44.8 Å². The number of likely N-dealkylation sites (tertiary alicyclic amines) is 1.